The predicted molar refractivity (Wildman–Crippen MR) is 79.2 cm³/mol. The smallest absolute Gasteiger partial charge is 0.125 e. The fourth-order valence-electron chi connectivity index (χ4n) is 2.65. The molecule has 0 amide bonds. The Hall–Kier alpha value is -1.10. The molecular formula is C16H25NO3. The molecule has 1 aromatic rings. The molecule has 4 heteroatoms. The lowest BCUT2D eigenvalue weighted by atomic mass is 9.94. The van der Waals surface area contributed by atoms with Gasteiger partial charge in [-0.15, -0.1) is 0 Å². The van der Waals surface area contributed by atoms with Gasteiger partial charge in [0.2, 0.25) is 0 Å². The van der Waals surface area contributed by atoms with Gasteiger partial charge in [-0.05, 0) is 19.4 Å². The van der Waals surface area contributed by atoms with E-state index in [1.54, 1.807) is 7.11 Å². The molecule has 112 valence electrons. The molecule has 0 spiro atoms. The summed E-state index contributed by atoms with van der Waals surface area (Å²) in [6.07, 6.45) is 1.22. The third-order valence-electron chi connectivity index (χ3n) is 3.63. The van der Waals surface area contributed by atoms with Crippen molar-refractivity contribution in [2.45, 2.75) is 19.4 Å². The largest absolute Gasteiger partial charge is 0.493 e. The minimum Gasteiger partial charge on any atom is -0.493 e. The first kappa shape index (κ1) is 15.3. The molecule has 1 fully saturated rings. The lowest BCUT2D eigenvalue weighted by molar-refractivity contribution is 0.0870. The molecule has 1 aliphatic heterocycles. The van der Waals surface area contributed by atoms with Crippen LogP contribution >= 0.6 is 0 Å². The van der Waals surface area contributed by atoms with Crippen molar-refractivity contribution >= 4 is 0 Å². The van der Waals surface area contributed by atoms with E-state index >= 15 is 0 Å². The van der Waals surface area contributed by atoms with Gasteiger partial charge in [-0.1, -0.05) is 18.2 Å². The highest BCUT2D eigenvalue weighted by atomic mass is 16.5. The summed E-state index contributed by atoms with van der Waals surface area (Å²) in [5, 5.41) is 3.43. The quantitative estimate of drug-likeness (QED) is 0.742. The van der Waals surface area contributed by atoms with Crippen molar-refractivity contribution < 1.29 is 14.2 Å². The molecule has 2 rings (SSSR count). The fraction of sp³-hybridized carbons (Fsp3) is 0.625. The molecule has 20 heavy (non-hydrogen) atoms. The van der Waals surface area contributed by atoms with Crippen LogP contribution in [-0.2, 0) is 9.47 Å². The zero-order valence-corrected chi connectivity index (χ0v) is 12.4. The molecule has 2 unspecified atom stereocenters. The summed E-state index contributed by atoms with van der Waals surface area (Å²) >= 11 is 0. The van der Waals surface area contributed by atoms with Crippen LogP contribution in [-0.4, -0.2) is 40.0 Å². The van der Waals surface area contributed by atoms with Crippen molar-refractivity contribution in [3.8, 4) is 5.75 Å². The van der Waals surface area contributed by atoms with Crippen molar-refractivity contribution in [3.05, 3.63) is 29.8 Å². The van der Waals surface area contributed by atoms with E-state index in [0.717, 1.165) is 38.5 Å². The highest BCUT2D eigenvalue weighted by Gasteiger charge is 2.31. The van der Waals surface area contributed by atoms with Crippen LogP contribution in [0.15, 0.2) is 24.3 Å². The van der Waals surface area contributed by atoms with Crippen molar-refractivity contribution in [2.75, 3.05) is 40.0 Å². The number of hydrogen-bond acceptors (Lipinski definition) is 4. The lowest BCUT2D eigenvalue weighted by Gasteiger charge is -2.21. The number of hydrogen-bond donors (Lipinski definition) is 1. The Morgan fingerprint density at radius 1 is 1.35 bits per heavy atom. The number of para-hydroxylation sites is 1. The summed E-state index contributed by atoms with van der Waals surface area (Å²) in [5.74, 6) is 1.44. The number of methoxy groups -OCH3 is 1. The summed E-state index contributed by atoms with van der Waals surface area (Å²) in [5.41, 5.74) is 1.17. The minimum absolute atomic E-state index is 0.132. The average molecular weight is 279 g/mol. The van der Waals surface area contributed by atoms with Gasteiger partial charge in [0, 0.05) is 38.3 Å². The first-order valence-electron chi connectivity index (χ1n) is 7.39. The second-order valence-electron chi connectivity index (χ2n) is 5.01. The van der Waals surface area contributed by atoms with Crippen LogP contribution in [0.2, 0.25) is 0 Å². The van der Waals surface area contributed by atoms with E-state index in [1.165, 1.54) is 5.56 Å². The molecule has 0 radical (unpaired) electrons. The Balaban J connectivity index is 1.99. The van der Waals surface area contributed by atoms with Gasteiger partial charge in [-0.25, -0.2) is 0 Å². The minimum atomic E-state index is 0.132. The molecule has 1 aromatic carbocycles. The third kappa shape index (κ3) is 3.95. The number of nitrogens with one attached hydrogen (secondary N) is 1. The van der Waals surface area contributed by atoms with Crippen LogP contribution in [0.1, 0.15) is 25.0 Å². The summed E-state index contributed by atoms with van der Waals surface area (Å²) < 4.78 is 16.7. The second kappa shape index (κ2) is 8.25. The average Bonchev–Trinajstić information content (AvgIpc) is 2.93. The molecule has 1 heterocycles. The Labute approximate surface area is 121 Å². The van der Waals surface area contributed by atoms with Gasteiger partial charge in [-0.2, -0.15) is 0 Å². The Bertz CT molecular complexity index is 397. The third-order valence-corrected chi connectivity index (χ3v) is 3.63. The molecule has 0 aromatic heterocycles. The fourth-order valence-corrected chi connectivity index (χ4v) is 2.65. The summed E-state index contributed by atoms with van der Waals surface area (Å²) in [7, 11) is 1.72. The van der Waals surface area contributed by atoms with E-state index in [2.05, 4.69) is 17.4 Å². The van der Waals surface area contributed by atoms with Crippen molar-refractivity contribution in [3.63, 3.8) is 0 Å². The van der Waals surface area contributed by atoms with Gasteiger partial charge in [0.15, 0.2) is 0 Å². The van der Waals surface area contributed by atoms with Gasteiger partial charge < -0.3 is 19.5 Å². The van der Waals surface area contributed by atoms with E-state index < -0.39 is 0 Å². The molecular weight excluding hydrogens is 254 g/mol. The summed E-state index contributed by atoms with van der Waals surface area (Å²) in [6, 6.07) is 8.20. The van der Waals surface area contributed by atoms with Gasteiger partial charge in [0.25, 0.3) is 0 Å². The van der Waals surface area contributed by atoms with Gasteiger partial charge in [-0.3, -0.25) is 0 Å². The monoisotopic (exact) mass is 279 g/mol. The van der Waals surface area contributed by atoms with Gasteiger partial charge >= 0.3 is 0 Å². The molecule has 2 atom stereocenters. The molecule has 4 nitrogen and oxygen atoms in total. The number of ether oxygens (including phenoxy) is 3. The molecule has 0 saturated carbocycles. The SMILES string of the molecule is CCOc1ccccc1C1OCCC1CNCCOC. The number of rotatable bonds is 8. The van der Waals surface area contributed by atoms with Crippen LogP contribution in [0.5, 0.6) is 5.75 Å². The molecule has 1 N–H and O–H groups in total. The topological polar surface area (TPSA) is 39.7 Å². The van der Waals surface area contributed by atoms with Crippen molar-refractivity contribution in [1.82, 2.24) is 5.32 Å². The first-order valence-corrected chi connectivity index (χ1v) is 7.39. The van der Waals surface area contributed by atoms with E-state index in [1.807, 2.05) is 19.1 Å². The van der Waals surface area contributed by atoms with Crippen LogP contribution in [0.25, 0.3) is 0 Å². The normalized spacial score (nSPS) is 22.1. The highest BCUT2D eigenvalue weighted by molar-refractivity contribution is 5.36. The van der Waals surface area contributed by atoms with Gasteiger partial charge in [0.05, 0.1) is 19.3 Å². The Kier molecular flexibility index (Phi) is 6.30. The standard InChI is InChI=1S/C16H25NO3/c1-3-19-15-7-5-4-6-14(15)16-13(8-10-20-16)12-17-9-11-18-2/h4-7,13,16-17H,3,8-12H2,1-2H3. The van der Waals surface area contributed by atoms with E-state index in [-0.39, 0.29) is 6.10 Å². The van der Waals surface area contributed by atoms with Crippen molar-refractivity contribution in [2.24, 2.45) is 5.92 Å². The molecule has 0 aliphatic carbocycles. The van der Waals surface area contributed by atoms with Crippen LogP contribution in [0.3, 0.4) is 0 Å². The van der Waals surface area contributed by atoms with E-state index in [4.69, 9.17) is 14.2 Å². The highest BCUT2D eigenvalue weighted by Crippen LogP contribution is 2.38. The van der Waals surface area contributed by atoms with Crippen molar-refractivity contribution in [1.29, 1.82) is 0 Å². The van der Waals surface area contributed by atoms with Crippen LogP contribution in [0, 0.1) is 5.92 Å². The van der Waals surface area contributed by atoms with Crippen LogP contribution < -0.4 is 10.1 Å². The molecule has 1 saturated heterocycles. The molecule has 1 aliphatic rings. The number of benzene rings is 1. The summed E-state index contributed by atoms with van der Waals surface area (Å²) in [6.45, 7) is 6.09. The zero-order valence-electron chi connectivity index (χ0n) is 12.4. The molecule has 0 bridgehead atoms. The second-order valence-corrected chi connectivity index (χ2v) is 5.01. The maximum atomic E-state index is 5.94. The summed E-state index contributed by atoms with van der Waals surface area (Å²) in [4.78, 5) is 0. The van der Waals surface area contributed by atoms with Crippen LogP contribution in [0.4, 0.5) is 0 Å². The lowest BCUT2D eigenvalue weighted by Crippen LogP contribution is -2.27. The van der Waals surface area contributed by atoms with E-state index in [9.17, 15) is 0 Å². The van der Waals surface area contributed by atoms with E-state index in [0.29, 0.717) is 12.5 Å². The maximum absolute atomic E-state index is 5.94. The zero-order chi connectivity index (χ0) is 14.2. The first-order chi connectivity index (χ1) is 9.86. The van der Waals surface area contributed by atoms with Gasteiger partial charge in [0.1, 0.15) is 5.75 Å². The Morgan fingerprint density at radius 3 is 3.00 bits per heavy atom. The maximum Gasteiger partial charge on any atom is 0.125 e. The Morgan fingerprint density at radius 2 is 2.20 bits per heavy atom. The predicted octanol–water partition coefficient (Wildman–Crippen LogP) is 2.40.